The Morgan fingerprint density at radius 2 is 0.833 bits per heavy atom. The van der Waals surface area contributed by atoms with Gasteiger partial charge in [0.05, 0.1) is 0 Å². The molecule has 36 heavy (non-hydrogen) atoms. The summed E-state index contributed by atoms with van der Waals surface area (Å²) in [6.45, 7) is 4.50. The van der Waals surface area contributed by atoms with E-state index in [9.17, 15) is 0 Å². The number of hydrogen-bond acceptors (Lipinski definition) is 0. The van der Waals surface area contributed by atoms with E-state index in [-0.39, 0.29) is 0 Å². The molecule has 0 fully saturated rings. The Balaban J connectivity index is 1.66. The van der Waals surface area contributed by atoms with E-state index in [2.05, 4.69) is 111 Å². The van der Waals surface area contributed by atoms with Crippen molar-refractivity contribution in [2.45, 2.75) is 26.7 Å². The fourth-order valence-electron chi connectivity index (χ4n) is 6.99. The number of rotatable bonds is 2. The zero-order valence-corrected chi connectivity index (χ0v) is 20.7. The van der Waals surface area contributed by atoms with Gasteiger partial charge in [0.15, 0.2) is 0 Å². The molecule has 0 heterocycles. The Bertz CT molecular complexity index is 1770. The molecular weight excluding hydrogens is 432 g/mol. The van der Waals surface area contributed by atoms with Crippen molar-refractivity contribution in [2.75, 3.05) is 0 Å². The molecule has 6 aromatic rings. The van der Waals surface area contributed by atoms with Crippen molar-refractivity contribution in [3.05, 3.63) is 119 Å². The highest BCUT2D eigenvalue weighted by Crippen LogP contribution is 2.59. The van der Waals surface area contributed by atoms with Crippen LogP contribution in [-0.4, -0.2) is 0 Å². The van der Waals surface area contributed by atoms with Gasteiger partial charge in [-0.3, -0.25) is 0 Å². The third-order valence-electron chi connectivity index (χ3n) is 8.58. The molecule has 0 saturated carbocycles. The first-order chi connectivity index (χ1) is 17.7. The molecule has 0 amide bonds. The number of hydrogen-bond donors (Lipinski definition) is 0. The minimum absolute atomic E-state index is 1.16. The number of fused-ring (bicyclic) bond motifs is 4. The van der Waals surface area contributed by atoms with Gasteiger partial charge in [-0.2, -0.15) is 0 Å². The highest BCUT2D eigenvalue weighted by atomic mass is 14.4. The molecule has 0 radical (unpaired) electrons. The first kappa shape index (κ1) is 20.1. The molecule has 0 aromatic heterocycles. The Labute approximate surface area is 211 Å². The van der Waals surface area contributed by atoms with Crippen molar-refractivity contribution in [1.29, 1.82) is 0 Å². The van der Waals surface area contributed by atoms with Gasteiger partial charge >= 0.3 is 0 Å². The van der Waals surface area contributed by atoms with Crippen LogP contribution in [-0.2, 0) is 12.8 Å². The van der Waals surface area contributed by atoms with Crippen LogP contribution in [0.5, 0.6) is 0 Å². The van der Waals surface area contributed by atoms with E-state index in [1.807, 2.05) is 0 Å². The maximum absolute atomic E-state index is 2.42. The molecule has 0 nitrogen and oxygen atoms in total. The van der Waals surface area contributed by atoms with Crippen molar-refractivity contribution < 1.29 is 0 Å². The SMILES string of the molecule is Cc1ccccc1-c1c2c(c(-c3ccccc3C)c3ccccc13)-c1ccc3c4c(ccc-2c14)CC3. The van der Waals surface area contributed by atoms with Crippen LogP contribution in [0.2, 0.25) is 0 Å². The Hall–Kier alpha value is -4.16. The summed E-state index contributed by atoms with van der Waals surface area (Å²) in [6, 6.07) is 36.5. The fourth-order valence-corrected chi connectivity index (χ4v) is 6.99. The highest BCUT2D eigenvalue weighted by Gasteiger charge is 2.33. The average Bonchev–Trinajstić information content (AvgIpc) is 3.47. The van der Waals surface area contributed by atoms with Crippen LogP contribution < -0.4 is 0 Å². The summed E-state index contributed by atoms with van der Waals surface area (Å²) < 4.78 is 0. The van der Waals surface area contributed by atoms with Gasteiger partial charge in [-0.25, -0.2) is 0 Å². The Morgan fingerprint density at radius 3 is 1.31 bits per heavy atom. The third kappa shape index (κ3) is 2.49. The number of benzene rings is 6. The van der Waals surface area contributed by atoms with Gasteiger partial charge in [0.25, 0.3) is 0 Å². The second-order valence-corrected chi connectivity index (χ2v) is 10.5. The quantitative estimate of drug-likeness (QED) is 0.242. The predicted molar refractivity (Wildman–Crippen MR) is 154 cm³/mol. The van der Waals surface area contributed by atoms with Crippen LogP contribution in [0.25, 0.3) is 66.1 Å². The molecule has 0 aliphatic heterocycles. The molecule has 0 atom stereocenters. The van der Waals surface area contributed by atoms with Crippen molar-refractivity contribution >= 4 is 21.5 Å². The van der Waals surface area contributed by atoms with E-state index in [4.69, 9.17) is 0 Å². The lowest BCUT2D eigenvalue weighted by atomic mass is 9.81. The van der Waals surface area contributed by atoms with Gasteiger partial charge in [0.1, 0.15) is 0 Å². The largest absolute Gasteiger partial charge is 0.0620 e. The van der Waals surface area contributed by atoms with Crippen LogP contribution in [0.1, 0.15) is 22.3 Å². The molecular formula is C36H26. The van der Waals surface area contributed by atoms with Crippen LogP contribution in [0.3, 0.4) is 0 Å². The smallest absolute Gasteiger partial charge is 0.000731 e. The summed E-state index contributed by atoms with van der Waals surface area (Å²) in [5.74, 6) is 0. The number of aryl methyl sites for hydroxylation is 4. The molecule has 2 aliphatic carbocycles. The van der Waals surface area contributed by atoms with Gasteiger partial charge in [0.2, 0.25) is 0 Å². The molecule has 170 valence electrons. The van der Waals surface area contributed by atoms with Gasteiger partial charge < -0.3 is 0 Å². The summed E-state index contributed by atoms with van der Waals surface area (Å²) in [4.78, 5) is 0. The maximum Gasteiger partial charge on any atom is -0.000731 e. The molecule has 0 bridgehead atoms. The summed E-state index contributed by atoms with van der Waals surface area (Å²) >= 11 is 0. The van der Waals surface area contributed by atoms with E-state index in [0.29, 0.717) is 0 Å². The normalized spacial score (nSPS) is 13.1. The third-order valence-corrected chi connectivity index (χ3v) is 8.58. The monoisotopic (exact) mass is 458 g/mol. The van der Waals surface area contributed by atoms with Crippen molar-refractivity contribution in [3.8, 4) is 44.5 Å². The minimum Gasteiger partial charge on any atom is -0.0620 e. The van der Waals surface area contributed by atoms with Crippen molar-refractivity contribution in [2.24, 2.45) is 0 Å². The first-order valence-corrected chi connectivity index (χ1v) is 13.0. The summed E-state index contributed by atoms with van der Waals surface area (Å²) in [6.07, 6.45) is 2.31. The summed E-state index contributed by atoms with van der Waals surface area (Å²) in [7, 11) is 0. The summed E-state index contributed by atoms with van der Waals surface area (Å²) in [5, 5.41) is 5.65. The van der Waals surface area contributed by atoms with E-state index >= 15 is 0 Å². The molecule has 8 rings (SSSR count). The van der Waals surface area contributed by atoms with Gasteiger partial charge in [-0.1, -0.05) is 97.1 Å². The van der Waals surface area contributed by atoms with Crippen LogP contribution in [0.4, 0.5) is 0 Å². The zero-order chi connectivity index (χ0) is 24.0. The molecule has 0 unspecified atom stereocenters. The molecule has 2 aliphatic rings. The van der Waals surface area contributed by atoms with Crippen LogP contribution >= 0.6 is 0 Å². The zero-order valence-electron chi connectivity index (χ0n) is 20.7. The van der Waals surface area contributed by atoms with Gasteiger partial charge in [-0.05, 0) is 115 Å². The second-order valence-electron chi connectivity index (χ2n) is 10.5. The fraction of sp³-hybridized carbons (Fsp3) is 0.111. The van der Waals surface area contributed by atoms with Gasteiger partial charge in [0, 0.05) is 0 Å². The highest BCUT2D eigenvalue weighted by molar-refractivity contribution is 6.28. The van der Waals surface area contributed by atoms with Gasteiger partial charge in [-0.15, -0.1) is 0 Å². The predicted octanol–water partition coefficient (Wildman–Crippen LogP) is 9.69. The van der Waals surface area contributed by atoms with E-state index in [1.165, 1.54) is 88.3 Å². The van der Waals surface area contributed by atoms with Crippen molar-refractivity contribution in [3.63, 3.8) is 0 Å². The molecule has 6 aromatic carbocycles. The molecule has 0 heteroatoms. The molecule has 0 N–H and O–H groups in total. The van der Waals surface area contributed by atoms with E-state index in [0.717, 1.165) is 12.8 Å². The van der Waals surface area contributed by atoms with Crippen molar-refractivity contribution in [1.82, 2.24) is 0 Å². The minimum atomic E-state index is 1.16. The first-order valence-electron chi connectivity index (χ1n) is 13.0. The van der Waals surface area contributed by atoms with E-state index < -0.39 is 0 Å². The second kappa shape index (κ2) is 7.18. The topological polar surface area (TPSA) is 0 Å². The lowest BCUT2D eigenvalue weighted by Gasteiger charge is -2.22. The Kier molecular flexibility index (Phi) is 4.00. The maximum atomic E-state index is 2.42. The lowest BCUT2D eigenvalue weighted by Crippen LogP contribution is -1.95. The van der Waals surface area contributed by atoms with Crippen LogP contribution in [0.15, 0.2) is 97.1 Å². The average molecular weight is 459 g/mol. The lowest BCUT2D eigenvalue weighted by molar-refractivity contribution is 1.02. The Morgan fingerprint density at radius 1 is 0.389 bits per heavy atom. The standard InChI is InChI=1S/C36H26/c1-21-9-3-5-11-25(21)32-27-13-7-8-14-28(27)33(26-12-6-4-10-22(26)2)36-30-20-18-24-16-15-23-17-19-29(35(32)36)34(30)31(23)24/h3-14,17-20H,15-16H2,1-2H3. The van der Waals surface area contributed by atoms with E-state index in [1.54, 1.807) is 0 Å². The summed E-state index contributed by atoms with van der Waals surface area (Å²) in [5.41, 5.74) is 16.7. The van der Waals surface area contributed by atoms with Crippen LogP contribution in [0, 0.1) is 13.8 Å². The molecule has 0 saturated heterocycles. The molecule has 0 spiro atoms.